The number of methoxy groups -OCH3 is 1. The summed E-state index contributed by atoms with van der Waals surface area (Å²) in [6, 6.07) is 5.16. The number of nitrogens with one attached hydrogen (secondary N) is 1. The summed E-state index contributed by atoms with van der Waals surface area (Å²) in [6.07, 6.45) is 0.489. The molecule has 28 heavy (non-hydrogen) atoms. The van der Waals surface area contributed by atoms with Crippen LogP contribution in [0.5, 0.6) is 0 Å². The van der Waals surface area contributed by atoms with Crippen LogP contribution in [0.1, 0.15) is 38.1 Å². The number of anilines is 1. The molecule has 2 heterocycles. The maximum Gasteiger partial charge on any atom is 0.341 e. The lowest BCUT2D eigenvalue weighted by atomic mass is 10.0. The topological polar surface area (TPSA) is 119 Å². The van der Waals surface area contributed by atoms with Crippen molar-refractivity contribution in [1.82, 2.24) is 4.90 Å². The fraction of sp³-hybridized carbons (Fsp3) is 0.278. The number of hydrogen-bond acceptors (Lipinski definition) is 7. The van der Waals surface area contributed by atoms with E-state index in [2.05, 4.69) is 5.32 Å². The van der Waals surface area contributed by atoms with Crippen molar-refractivity contribution in [3.8, 4) is 0 Å². The smallest absolute Gasteiger partial charge is 0.341 e. The Labute approximate surface area is 164 Å². The van der Waals surface area contributed by atoms with Crippen LogP contribution >= 0.6 is 11.3 Å². The first-order valence-electron chi connectivity index (χ1n) is 8.36. The number of carbonyl (C=O) groups excluding carboxylic acids is 3. The number of rotatable bonds is 4. The number of benzene rings is 1. The molecule has 2 aromatic rings. The third-order valence-electron chi connectivity index (χ3n) is 4.46. The van der Waals surface area contributed by atoms with Crippen LogP contribution in [0.2, 0.25) is 0 Å². The molecule has 0 radical (unpaired) electrons. The molecule has 1 aliphatic heterocycles. The predicted octanol–water partition coefficient (Wildman–Crippen LogP) is 2.60. The minimum atomic E-state index is -0.562. The number of nitrogens with zero attached hydrogens (tertiary/aromatic N) is 2. The average Bonchev–Trinajstić information content (AvgIpc) is 3.04. The summed E-state index contributed by atoms with van der Waals surface area (Å²) < 4.78 is 4.87. The minimum Gasteiger partial charge on any atom is -0.465 e. The van der Waals surface area contributed by atoms with Crippen LogP contribution in [-0.2, 0) is 22.5 Å². The van der Waals surface area contributed by atoms with Gasteiger partial charge in [-0.1, -0.05) is 0 Å². The van der Waals surface area contributed by atoms with E-state index in [0.717, 1.165) is 10.4 Å². The molecule has 0 unspecified atom stereocenters. The first-order valence-corrected chi connectivity index (χ1v) is 9.17. The molecule has 1 N–H and O–H groups in total. The number of hydrogen-bond donors (Lipinski definition) is 1. The number of non-ortho nitro benzene ring substituents is 1. The highest BCUT2D eigenvalue weighted by Crippen LogP contribution is 2.38. The Morgan fingerprint density at radius 2 is 1.93 bits per heavy atom. The molecule has 1 aliphatic rings. The molecule has 0 aliphatic carbocycles. The van der Waals surface area contributed by atoms with E-state index in [4.69, 9.17) is 4.74 Å². The van der Waals surface area contributed by atoms with E-state index in [1.54, 1.807) is 4.90 Å². The second-order valence-electron chi connectivity index (χ2n) is 6.15. The van der Waals surface area contributed by atoms with E-state index in [1.807, 2.05) is 0 Å². The van der Waals surface area contributed by atoms with E-state index >= 15 is 0 Å². The predicted molar refractivity (Wildman–Crippen MR) is 102 cm³/mol. The molecule has 2 amide bonds. The van der Waals surface area contributed by atoms with Gasteiger partial charge in [0.15, 0.2) is 0 Å². The van der Waals surface area contributed by atoms with Gasteiger partial charge in [0, 0.05) is 36.0 Å². The van der Waals surface area contributed by atoms with Gasteiger partial charge < -0.3 is 15.0 Å². The van der Waals surface area contributed by atoms with Crippen LogP contribution in [0.4, 0.5) is 10.7 Å². The molecule has 0 bridgehead atoms. The van der Waals surface area contributed by atoms with Crippen molar-refractivity contribution in [1.29, 1.82) is 0 Å². The number of nitro groups is 1. The number of amides is 2. The van der Waals surface area contributed by atoms with Crippen LogP contribution < -0.4 is 5.32 Å². The Hall–Kier alpha value is -3.27. The number of nitro benzene ring substituents is 1. The van der Waals surface area contributed by atoms with Crippen molar-refractivity contribution in [2.45, 2.75) is 19.9 Å². The van der Waals surface area contributed by atoms with Crippen molar-refractivity contribution in [3.05, 3.63) is 55.9 Å². The zero-order chi connectivity index (χ0) is 20.4. The standard InChI is InChI=1S/C18H17N3O6S/c1-10(22)20-8-7-13-14(9-20)28-17(15(13)18(24)27-2)19-16(23)11-3-5-12(6-4-11)21(25)26/h3-6H,7-9H2,1-2H3,(H,19,23). The summed E-state index contributed by atoms with van der Waals surface area (Å²) in [5.74, 6) is -1.12. The van der Waals surface area contributed by atoms with Crippen molar-refractivity contribution in [2.24, 2.45) is 0 Å². The van der Waals surface area contributed by atoms with Gasteiger partial charge in [0.1, 0.15) is 5.00 Å². The molecule has 0 atom stereocenters. The van der Waals surface area contributed by atoms with E-state index in [-0.39, 0.29) is 17.2 Å². The number of fused-ring (bicyclic) bond motifs is 1. The summed E-state index contributed by atoms with van der Waals surface area (Å²) in [5, 5.41) is 13.8. The number of esters is 1. The summed E-state index contributed by atoms with van der Waals surface area (Å²) in [7, 11) is 1.26. The molecule has 1 aromatic carbocycles. The molecule has 146 valence electrons. The third kappa shape index (κ3) is 3.72. The molecule has 1 aromatic heterocycles. The van der Waals surface area contributed by atoms with Crippen LogP contribution in [0, 0.1) is 10.1 Å². The van der Waals surface area contributed by atoms with E-state index < -0.39 is 16.8 Å². The molecule has 0 fully saturated rings. The van der Waals surface area contributed by atoms with E-state index in [0.29, 0.717) is 30.1 Å². The second-order valence-corrected chi connectivity index (χ2v) is 7.25. The van der Waals surface area contributed by atoms with Gasteiger partial charge in [0.05, 0.1) is 24.1 Å². The van der Waals surface area contributed by atoms with Gasteiger partial charge in [0.2, 0.25) is 5.91 Å². The lowest BCUT2D eigenvalue weighted by Crippen LogP contribution is -2.33. The van der Waals surface area contributed by atoms with Gasteiger partial charge in [0.25, 0.3) is 11.6 Å². The normalized spacial score (nSPS) is 12.9. The quantitative estimate of drug-likeness (QED) is 0.476. The molecule has 3 rings (SSSR count). The maximum absolute atomic E-state index is 12.6. The highest BCUT2D eigenvalue weighted by molar-refractivity contribution is 7.17. The number of ether oxygens (including phenoxy) is 1. The zero-order valence-electron chi connectivity index (χ0n) is 15.2. The first kappa shape index (κ1) is 19.5. The molecular formula is C18H17N3O6S. The zero-order valence-corrected chi connectivity index (χ0v) is 16.0. The van der Waals surface area contributed by atoms with Gasteiger partial charge in [-0.25, -0.2) is 4.79 Å². The summed E-state index contributed by atoms with van der Waals surface area (Å²) in [6.45, 7) is 2.34. The van der Waals surface area contributed by atoms with Gasteiger partial charge in [-0.2, -0.15) is 0 Å². The van der Waals surface area contributed by atoms with Gasteiger partial charge in [-0.15, -0.1) is 11.3 Å². The molecule has 0 saturated heterocycles. The van der Waals surface area contributed by atoms with Crippen molar-refractivity contribution in [2.75, 3.05) is 19.0 Å². The monoisotopic (exact) mass is 403 g/mol. The third-order valence-corrected chi connectivity index (χ3v) is 5.59. The molecular weight excluding hydrogens is 386 g/mol. The average molecular weight is 403 g/mol. The number of thiophene rings is 1. The van der Waals surface area contributed by atoms with E-state index in [9.17, 15) is 24.5 Å². The minimum absolute atomic E-state index is 0.0601. The largest absolute Gasteiger partial charge is 0.465 e. The van der Waals surface area contributed by atoms with Gasteiger partial charge in [-0.05, 0) is 24.1 Å². The number of carbonyl (C=O) groups is 3. The highest BCUT2D eigenvalue weighted by atomic mass is 32.1. The maximum atomic E-state index is 12.6. The molecule has 10 heteroatoms. The Kier molecular flexibility index (Phi) is 5.41. The summed E-state index contributed by atoms with van der Waals surface area (Å²) >= 11 is 1.22. The summed E-state index contributed by atoms with van der Waals surface area (Å²) in [4.78, 5) is 49.2. The highest BCUT2D eigenvalue weighted by Gasteiger charge is 2.30. The fourth-order valence-corrected chi connectivity index (χ4v) is 4.23. The van der Waals surface area contributed by atoms with Gasteiger partial charge >= 0.3 is 5.97 Å². The molecule has 0 saturated carbocycles. The lowest BCUT2D eigenvalue weighted by Gasteiger charge is -2.25. The van der Waals surface area contributed by atoms with Crippen LogP contribution in [0.25, 0.3) is 0 Å². The SMILES string of the molecule is COC(=O)c1c(NC(=O)c2ccc([N+](=O)[O-])cc2)sc2c1CCN(C(C)=O)C2. The second kappa shape index (κ2) is 7.77. The Balaban J connectivity index is 1.90. The van der Waals surface area contributed by atoms with Crippen molar-refractivity contribution in [3.63, 3.8) is 0 Å². The van der Waals surface area contributed by atoms with Crippen molar-refractivity contribution < 1.29 is 24.0 Å². The summed E-state index contributed by atoms with van der Waals surface area (Å²) in [5.41, 5.74) is 1.16. The first-order chi connectivity index (χ1) is 13.3. The van der Waals surface area contributed by atoms with Crippen molar-refractivity contribution >= 4 is 39.8 Å². The molecule has 9 nitrogen and oxygen atoms in total. The van der Waals surface area contributed by atoms with E-state index in [1.165, 1.54) is 49.6 Å². The van der Waals surface area contributed by atoms with Crippen LogP contribution in [0.3, 0.4) is 0 Å². The lowest BCUT2D eigenvalue weighted by molar-refractivity contribution is -0.384. The molecule has 0 spiro atoms. The van der Waals surface area contributed by atoms with Gasteiger partial charge in [-0.3, -0.25) is 19.7 Å². The Morgan fingerprint density at radius 3 is 2.50 bits per heavy atom. The Bertz CT molecular complexity index is 966. The van der Waals surface area contributed by atoms with Crippen LogP contribution in [0.15, 0.2) is 24.3 Å². The Morgan fingerprint density at radius 1 is 1.25 bits per heavy atom. The van der Waals surface area contributed by atoms with Crippen LogP contribution in [-0.4, -0.2) is 41.3 Å². The fourth-order valence-electron chi connectivity index (χ4n) is 2.99.